The summed E-state index contributed by atoms with van der Waals surface area (Å²) in [5.74, 6) is 0.834. The maximum absolute atomic E-state index is 6.89. The zero-order valence-corrected chi connectivity index (χ0v) is 15.9. The van der Waals surface area contributed by atoms with E-state index in [1.165, 1.54) is 0 Å². The number of anilines is 1. The van der Waals surface area contributed by atoms with Crippen LogP contribution >= 0.6 is 23.2 Å². The van der Waals surface area contributed by atoms with Crippen molar-refractivity contribution in [1.29, 1.82) is 0 Å². The van der Waals surface area contributed by atoms with Crippen LogP contribution in [0.5, 0.6) is 5.75 Å². The molecule has 0 aliphatic carbocycles. The maximum Gasteiger partial charge on any atom is 0.223 e. The quantitative estimate of drug-likeness (QED) is 0.305. The molecule has 0 N–H and O–H groups in total. The van der Waals surface area contributed by atoms with Crippen LogP contribution in [0.4, 0.5) is 5.69 Å². The zero-order valence-electron chi connectivity index (χ0n) is 14.4. The SMILES string of the molecule is CCOc1ccc(C2(c3ccccc3)N(c3ccccc3)C2(Cl)Cl)cc1. The van der Waals surface area contributed by atoms with Crippen molar-refractivity contribution in [1.82, 2.24) is 0 Å². The van der Waals surface area contributed by atoms with Crippen molar-refractivity contribution in [2.75, 3.05) is 11.5 Å². The molecule has 1 aliphatic rings. The van der Waals surface area contributed by atoms with Gasteiger partial charge in [0.15, 0.2) is 0 Å². The fraction of sp³-hybridized carbons (Fsp3) is 0.182. The molecule has 2 nitrogen and oxygen atoms in total. The fourth-order valence-corrected chi connectivity index (χ4v) is 4.62. The Morgan fingerprint density at radius 3 is 1.88 bits per heavy atom. The normalized spacial score (nSPS) is 20.7. The van der Waals surface area contributed by atoms with E-state index in [9.17, 15) is 0 Å². The molecule has 1 unspecified atom stereocenters. The van der Waals surface area contributed by atoms with E-state index in [4.69, 9.17) is 27.9 Å². The van der Waals surface area contributed by atoms with Gasteiger partial charge in [0.2, 0.25) is 4.46 Å². The molecule has 1 fully saturated rings. The summed E-state index contributed by atoms with van der Waals surface area (Å²) < 4.78 is 4.50. The Bertz CT molecular complexity index is 881. The minimum atomic E-state index is -1.08. The summed E-state index contributed by atoms with van der Waals surface area (Å²) in [6, 6.07) is 28.2. The standard InChI is InChI=1S/C22H19Cl2NO/c1-2-26-20-15-13-18(14-16-20)21(17-9-5-3-6-10-17)22(23,24)25(21)19-11-7-4-8-12-19/h3-16H,2H2,1H3. The highest BCUT2D eigenvalue weighted by Crippen LogP contribution is 2.68. The number of hydrogen-bond acceptors (Lipinski definition) is 2. The molecule has 3 aromatic carbocycles. The molecule has 26 heavy (non-hydrogen) atoms. The average molecular weight is 384 g/mol. The van der Waals surface area contributed by atoms with Crippen LogP contribution < -0.4 is 9.64 Å². The average Bonchev–Trinajstić information content (AvgIpc) is 3.21. The van der Waals surface area contributed by atoms with Gasteiger partial charge in [-0.2, -0.15) is 0 Å². The number of nitrogens with zero attached hydrogens (tertiary/aromatic N) is 1. The van der Waals surface area contributed by atoms with Gasteiger partial charge in [0.05, 0.1) is 6.61 Å². The summed E-state index contributed by atoms with van der Waals surface area (Å²) >= 11 is 13.8. The van der Waals surface area contributed by atoms with Crippen LogP contribution in [0.1, 0.15) is 18.1 Å². The van der Waals surface area contributed by atoms with E-state index in [0.29, 0.717) is 6.61 Å². The van der Waals surface area contributed by atoms with Crippen molar-refractivity contribution in [2.45, 2.75) is 16.9 Å². The first-order valence-electron chi connectivity index (χ1n) is 8.64. The van der Waals surface area contributed by atoms with Gasteiger partial charge in [-0.1, -0.05) is 83.9 Å². The molecule has 0 spiro atoms. The molecule has 1 saturated heterocycles. The van der Waals surface area contributed by atoms with Gasteiger partial charge in [-0.25, -0.2) is 0 Å². The van der Waals surface area contributed by atoms with E-state index in [0.717, 1.165) is 22.6 Å². The number of para-hydroxylation sites is 1. The van der Waals surface area contributed by atoms with Crippen LogP contribution in [0.15, 0.2) is 84.9 Å². The first kappa shape index (κ1) is 17.3. The molecule has 0 saturated carbocycles. The zero-order chi connectivity index (χ0) is 18.2. The summed E-state index contributed by atoms with van der Waals surface area (Å²) in [5, 5.41) is 0. The topological polar surface area (TPSA) is 12.2 Å². The van der Waals surface area contributed by atoms with Crippen molar-refractivity contribution in [2.24, 2.45) is 0 Å². The monoisotopic (exact) mass is 383 g/mol. The van der Waals surface area contributed by atoms with E-state index in [2.05, 4.69) is 12.1 Å². The van der Waals surface area contributed by atoms with Crippen molar-refractivity contribution < 1.29 is 4.74 Å². The van der Waals surface area contributed by atoms with Crippen LogP contribution in [-0.2, 0) is 5.54 Å². The molecule has 0 radical (unpaired) electrons. The predicted molar refractivity (Wildman–Crippen MR) is 108 cm³/mol. The number of ether oxygens (including phenoxy) is 1. The van der Waals surface area contributed by atoms with E-state index >= 15 is 0 Å². The van der Waals surface area contributed by atoms with E-state index in [1.54, 1.807) is 0 Å². The Kier molecular flexibility index (Phi) is 4.34. The van der Waals surface area contributed by atoms with E-state index in [-0.39, 0.29) is 0 Å². The summed E-state index contributed by atoms with van der Waals surface area (Å²) in [6.07, 6.45) is 0. The van der Waals surface area contributed by atoms with Crippen LogP contribution in [0.3, 0.4) is 0 Å². The van der Waals surface area contributed by atoms with Gasteiger partial charge in [0, 0.05) is 5.69 Å². The smallest absolute Gasteiger partial charge is 0.223 e. The molecule has 0 amide bonds. The molecule has 0 bridgehead atoms. The Hall–Kier alpha value is -2.16. The Morgan fingerprint density at radius 1 is 0.769 bits per heavy atom. The largest absolute Gasteiger partial charge is 0.494 e. The third kappa shape index (κ3) is 2.48. The minimum Gasteiger partial charge on any atom is -0.494 e. The lowest BCUT2D eigenvalue weighted by Crippen LogP contribution is -2.19. The fourth-order valence-electron chi connectivity index (χ4n) is 3.65. The molecule has 3 aromatic rings. The summed E-state index contributed by atoms with van der Waals surface area (Å²) in [7, 11) is 0. The molecule has 0 aromatic heterocycles. The van der Waals surface area contributed by atoms with Gasteiger partial charge >= 0.3 is 0 Å². The van der Waals surface area contributed by atoms with Crippen LogP contribution in [0.25, 0.3) is 0 Å². The Balaban J connectivity index is 1.87. The molecule has 4 heteroatoms. The van der Waals surface area contributed by atoms with Gasteiger partial charge in [-0.15, -0.1) is 0 Å². The van der Waals surface area contributed by atoms with Crippen molar-refractivity contribution in [3.05, 3.63) is 96.1 Å². The first-order valence-corrected chi connectivity index (χ1v) is 9.40. The lowest BCUT2D eigenvalue weighted by atomic mass is 9.90. The number of alkyl halides is 2. The highest BCUT2D eigenvalue weighted by Gasteiger charge is 2.76. The lowest BCUT2D eigenvalue weighted by molar-refractivity contribution is 0.340. The van der Waals surface area contributed by atoms with Gasteiger partial charge in [0.1, 0.15) is 11.3 Å². The molecule has 1 atom stereocenters. The van der Waals surface area contributed by atoms with Gasteiger partial charge in [-0.3, -0.25) is 0 Å². The Labute approximate surface area is 163 Å². The third-order valence-electron chi connectivity index (χ3n) is 4.79. The van der Waals surface area contributed by atoms with E-state index in [1.807, 2.05) is 84.6 Å². The molecule has 132 valence electrons. The second kappa shape index (κ2) is 6.53. The summed E-state index contributed by atoms with van der Waals surface area (Å²) in [6.45, 7) is 2.61. The first-order chi connectivity index (χ1) is 12.6. The van der Waals surface area contributed by atoms with Crippen LogP contribution in [-0.4, -0.2) is 11.1 Å². The highest BCUT2D eigenvalue weighted by atomic mass is 35.5. The highest BCUT2D eigenvalue weighted by molar-refractivity contribution is 6.54. The summed E-state index contributed by atoms with van der Waals surface area (Å²) in [4.78, 5) is 2.05. The van der Waals surface area contributed by atoms with Crippen molar-refractivity contribution in [3.8, 4) is 5.75 Å². The van der Waals surface area contributed by atoms with E-state index < -0.39 is 10.00 Å². The number of halogens is 2. The Morgan fingerprint density at radius 2 is 1.31 bits per heavy atom. The maximum atomic E-state index is 6.89. The lowest BCUT2D eigenvalue weighted by Gasteiger charge is -2.19. The van der Waals surface area contributed by atoms with Crippen LogP contribution in [0, 0.1) is 0 Å². The van der Waals surface area contributed by atoms with Crippen LogP contribution in [0.2, 0.25) is 0 Å². The number of hydrogen-bond donors (Lipinski definition) is 0. The second-order valence-electron chi connectivity index (χ2n) is 6.25. The molecule has 4 rings (SSSR count). The second-order valence-corrected chi connectivity index (χ2v) is 7.53. The van der Waals surface area contributed by atoms with Gasteiger partial charge in [0.25, 0.3) is 0 Å². The minimum absolute atomic E-state index is 0.633. The number of rotatable bonds is 5. The van der Waals surface area contributed by atoms with Gasteiger partial charge in [-0.05, 0) is 42.3 Å². The van der Waals surface area contributed by atoms with Gasteiger partial charge < -0.3 is 9.64 Å². The predicted octanol–water partition coefficient (Wildman–Crippen LogP) is 5.98. The molecular formula is C22H19Cl2NO. The molecule has 1 heterocycles. The number of benzene rings is 3. The molecule has 1 aliphatic heterocycles. The van der Waals surface area contributed by atoms with Crippen molar-refractivity contribution in [3.63, 3.8) is 0 Å². The van der Waals surface area contributed by atoms with Crippen molar-refractivity contribution >= 4 is 28.9 Å². The third-order valence-corrected chi connectivity index (χ3v) is 5.68. The molecular weight excluding hydrogens is 365 g/mol. The summed E-state index contributed by atoms with van der Waals surface area (Å²) in [5.41, 5.74) is 2.41.